The van der Waals surface area contributed by atoms with Crippen LogP contribution in [0.25, 0.3) is 0 Å². The SMILES string of the molecule is Cc1ccc2c(c1)[C@@]13CCCCC1[C@@H](C2)N(C(C)C1CC1)CC3. The highest BCUT2D eigenvalue weighted by Gasteiger charge is 2.55. The van der Waals surface area contributed by atoms with Gasteiger partial charge in [0.25, 0.3) is 0 Å². The average Bonchev–Trinajstić information content (AvgIpc) is 3.40. The van der Waals surface area contributed by atoms with Gasteiger partial charge in [-0.25, -0.2) is 0 Å². The summed E-state index contributed by atoms with van der Waals surface area (Å²) in [5, 5.41) is 0. The predicted octanol–water partition coefficient (Wildman–Crippen LogP) is 4.85. The fourth-order valence-corrected chi connectivity index (χ4v) is 6.50. The van der Waals surface area contributed by atoms with Crippen molar-refractivity contribution in [3.8, 4) is 0 Å². The van der Waals surface area contributed by atoms with Gasteiger partial charge in [-0.3, -0.25) is 4.90 Å². The number of hydrogen-bond acceptors (Lipinski definition) is 1. The van der Waals surface area contributed by atoms with Crippen molar-refractivity contribution < 1.29 is 0 Å². The minimum atomic E-state index is 0.530. The number of piperidine rings is 1. The fourth-order valence-electron chi connectivity index (χ4n) is 6.50. The first kappa shape index (κ1) is 14.5. The molecule has 2 unspecified atom stereocenters. The van der Waals surface area contributed by atoms with Gasteiger partial charge in [0.15, 0.2) is 0 Å². The first-order chi connectivity index (χ1) is 11.2. The lowest BCUT2D eigenvalue weighted by atomic mass is 9.52. The van der Waals surface area contributed by atoms with Crippen molar-refractivity contribution in [2.75, 3.05) is 6.54 Å². The average molecular weight is 309 g/mol. The first-order valence-corrected chi connectivity index (χ1v) is 10.0. The van der Waals surface area contributed by atoms with Crippen LogP contribution in [0.1, 0.15) is 68.6 Å². The summed E-state index contributed by atoms with van der Waals surface area (Å²) in [6.45, 7) is 6.16. The van der Waals surface area contributed by atoms with Gasteiger partial charge in [0.05, 0.1) is 0 Å². The predicted molar refractivity (Wildman–Crippen MR) is 95.8 cm³/mol. The molecule has 0 spiro atoms. The lowest BCUT2D eigenvalue weighted by Crippen LogP contribution is -2.62. The zero-order valence-corrected chi connectivity index (χ0v) is 14.9. The topological polar surface area (TPSA) is 3.24 Å². The van der Waals surface area contributed by atoms with Gasteiger partial charge in [0.1, 0.15) is 0 Å². The number of benzene rings is 1. The molecule has 124 valence electrons. The van der Waals surface area contributed by atoms with Gasteiger partial charge in [-0.1, -0.05) is 36.6 Å². The molecule has 1 aromatic carbocycles. The molecule has 1 heteroatoms. The lowest BCUT2D eigenvalue weighted by Gasteiger charge is -2.60. The second-order valence-electron chi connectivity index (χ2n) is 9.01. The molecule has 1 heterocycles. The van der Waals surface area contributed by atoms with Crippen LogP contribution in [-0.4, -0.2) is 23.5 Å². The van der Waals surface area contributed by atoms with E-state index in [0.29, 0.717) is 5.41 Å². The first-order valence-electron chi connectivity index (χ1n) is 10.0. The van der Waals surface area contributed by atoms with E-state index in [1.165, 1.54) is 63.5 Å². The molecule has 2 saturated carbocycles. The van der Waals surface area contributed by atoms with Crippen molar-refractivity contribution in [2.45, 2.75) is 82.7 Å². The molecule has 23 heavy (non-hydrogen) atoms. The van der Waals surface area contributed by atoms with Gasteiger partial charge in [-0.15, -0.1) is 0 Å². The minimum absolute atomic E-state index is 0.530. The molecule has 4 aliphatic rings. The van der Waals surface area contributed by atoms with Gasteiger partial charge in [0, 0.05) is 17.5 Å². The standard InChI is InChI=1S/C22H31N/c1-15-6-7-18-14-21-19-5-3-4-10-22(19,20(18)13-15)11-12-23(21)16(2)17-8-9-17/h6-7,13,16-17,19,21H,3-5,8-12,14H2,1-2H3/t16?,19?,21-,22-/m1/s1. The Morgan fingerprint density at radius 1 is 1.13 bits per heavy atom. The summed E-state index contributed by atoms with van der Waals surface area (Å²) >= 11 is 0. The third-order valence-electron chi connectivity index (χ3n) is 7.86. The summed E-state index contributed by atoms with van der Waals surface area (Å²) in [6.07, 6.45) is 11.6. The third-order valence-corrected chi connectivity index (χ3v) is 7.86. The molecular weight excluding hydrogens is 278 g/mol. The molecule has 1 saturated heterocycles. The molecule has 1 aromatic rings. The highest BCUT2D eigenvalue weighted by Crippen LogP contribution is 2.56. The maximum atomic E-state index is 2.95. The van der Waals surface area contributed by atoms with Crippen LogP contribution in [0.3, 0.4) is 0 Å². The molecule has 5 rings (SSSR count). The molecule has 0 amide bonds. The quantitative estimate of drug-likeness (QED) is 0.754. The number of hydrogen-bond donors (Lipinski definition) is 0. The van der Waals surface area contributed by atoms with Gasteiger partial charge in [-0.2, -0.15) is 0 Å². The van der Waals surface area contributed by atoms with Gasteiger partial charge >= 0.3 is 0 Å². The number of nitrogens with zero attached hydrogens (tertiary/aromatic N) is 1. The Morgan fingerprint density at radius 2 is 2.00 bits per heavy atom. The van der Waals surface area contributed by atoms with Crippen molar-refractivity contribution >= 4 is 0 Å². The van der Waals surface area contributed by atoms with E-state index in [-0.39, 0.29) is 0 Å². The van der Waals surface area contributed by atoms with E-state index < -0.39 is 0 Å². The van der Waals surface area contributed by atoms with E-state index in [1.54, 1.807) is 11.1 Å². The normalized spacial score (nSPS) is 37.8. The van der Waals surface area contributed by atoms with Crippen LogP contribution in [0.4, 0.5) is 0 Å². The van der Waals surface area contributed by atoms with E-state index in [2.05, 4.69) is 36.9 Å². The van der Waals surface area contributed by atoms with Crippen molar-refractivity contribution in [2.24, 2.45) is 11.8 Å². The van der Waals surface area contributed by atoms with Crippen molar-refractivity contribution in [3.63, 3.8) is 0 Å². The monoisotopic (exact) mass is 309 g/mol. The van der Waals surface area contributed by atoms with Crippen LogP contribution in [0.15, 0.2) is 18.2 Å². The van der Waals surface area contributed by atoms with Crippen LogP contribution in [0.2, 0.25) is 0 Å². The Labute approximate surface area is 141 Å². The van der Waals surface area contributed by atoms with Crippen molar-refractivity contribution in [1.82, 2.24) is 4.90 Å². The third kappa shape index (κ3) is 2.08. The smallest absolute Gasteiger partial charge is 0.0175 e. The van der Waals surface area contributed by atoms with E-state index in [9.17, 15) is 0 Å². The molecule has 1 nitrogen and oxygen atoms in total. The summed E-state index contributed by atoms with van der Waals surface area (Å²) in [5.41, 5.74) is 5.45. The zero-order valence-electron chi connectivity index (χ0n) is 14.9. The maximum absolute atomic E-state index is 2.95. The van der Waals surface area contributed by atoms with Crippen LogP contribution in [0, 0.1) is 18.8 Å². The van der Waals surface area contributed by atoms with E-state index in [4.69, 9.17) is 0 Å². The largest absolute Gasteiger partial charge is 0.297 e. The van der Waals surface area contributed by atoms with E-state index in [0.717, 1.165) is 23.9 Å². The fraction of sp³-hybridized carbons (Fsp3) is 0.727. The Bertz CT molecular complexity index is 616. The summed E-state index contributed by atoms with van der Waals surface area (Å²) in [5.74, 6) is 1.94. The second-order valence-corrected chi connectivity index (χ2v) is 9.01. The molecule has 0 radical (unpaired) electrons. The Balaban J connectivity index is 1.59. The maximum Gasteiger partial charge on any atom is 0.0175 e. The van der Waals surface area contributed by atoms with Gasteiger partial charge in [0.2, 0.25) is 0 Å². The summed E-state index contributed by atoms with van der Waals surface area (Å²) in [7, 11) is 0. The lowest BCUT2D eigenvalue weighted by molar-refractivity contribution is -0.0343. The number of fused-ring (bicyclic) bond motifs is 1. The van der Waals surface area contributed by atoms with Crippen molar-refractivity contribution in [1.29, 1.82) is 0 Å². The minimum Gasteiger partial charge on any atom is -0.297 e. The molecule has 3 fully saturated rings. The molecule has 2 bridgehead atoms. The molecular formula is C22H31N. The summed E-state index contributed by atoms with van der Waals surface area (Å²) < 4.78 is 0. The second kappa shape index (κ2) is 5.09. The highest BCUT2D eigenvalue weighted by atomic mass is 15.2. The number of aryl methyl sites for hydroxylation is 1. The van der Waals surface area contributed by atoms with Gasteiger partial charge < -0.3 is 0 Å². The van der Waals surface area contributed by atoms with Crippen molar-refractivity contribution in [3.05, 3.63) is 34.9 Å². The molecule has 3 aliphatic carbocycles. The number of rotatable bonds is 2. The van der Waals surface area contributed by atoms with E-state index >= 15 is 0 Å². The Kier molecular flexibility index (Phi) is 3.21. The van der Waals surface area contributed by atoms with Gasteiger partial charge in [-0.05, 0) is 81.9 Å². The van der Waals surface area contributed by atoms with Crippen LogP contribution in [0.5, 0.6) is 0 Å². The zero-order chi connectivity index (χ0) is 15.6. The van der Waals surface area contributed by atoms with Crippen LogP contribution < -0.4 is 0 Å². The highest BCUT2D eigenvalue weighted by molar-refractivity contribution is 5.43. The Hall–Kier alpha value is -0.820. The Morgan fingerprint density at radius 3 is 2.83 bits per heavy atom. The molecule has 0 N–H and O–H groups in total. The molecule has 4 atom stereocenters. The molecule has 0 aromatic heterocycles. The number of likely N-dealkylation sites (tertiary alicyclic amines) is 1. The summed E-state index contributed by atoms with van der Waals surface area (Å²) in [6, 6.07) is 9.03. The van der Waals surface area contributed by atoms with Crippen LogP contribution in [-0.2, 0) is 11.8 Å². The summed E-state index contributed by atoms with van der Waals surface area (Å²) in [4.78, 5) is 2.95. The van der Waals surface area contributed by atoms with Crippen LogP contribution >= 0.6 is 0 Å². The molecule has 1 aliphatic heterocycles. The van der Waals surface area contributed by atoms with E-state index in [1.807, 2.05) is 0 Å².